The molecule has 4 nitrogen and oxygen atoms in total. The number of carboxylic acid groups (broad SMARTS) is 1. The van der Waals surface area contributed by atoms with Gasteiger partial charge in [0.15, 0.2) is 6.10 Å². The fourth-order valence-electron chi connectivity index (χ4n) is 1.52. The third-order valence-corrected chi connectivity index (χ3v) is 3.81. The van der Waals surface area contributed by atoms with E-state index in [-0.39, 0.29) is 0 Å². The fourth-order valence-corrected chi connectivity index (χ4v) is 2.47. The minimum absolute atomic E-state index is 0.347. The van der Waals surface area contributed by atoms with Gasteiger partial charge < -0.3 is 10.2 Å². The highest BCUT2D eigenvalue weighted by molar-refractivity contribution is 7.18. The van der Waals surface area contributed by atoms with Crippen LogP contribution in [0.4, 0.5) is 0 Å². The van der Waals surface area contributed by atoms with Crippen molar-refractivity contribution < 1.29 is 15.0 Å². The Kier molecular flexibility index (Phi) is 3.13. The molecule has 0 saturated heterocycles. The SMILES string of the molecule is CC(C)c1nc2cc(C(O)C(=O)O)ccc2s1. The van der Waals surface area contributed by atoms with Crippen molar-refractivity contribution in [2.24, 2.45) is 0 Å². The van der Waals surface area contributed by atoms with Gasteiger partial charge in [0.05, 0.1) is 15.2 Å². The molecule has 1 unspecified atom stereocenters. The molecule has 0 radical (unpaired) electrons. The first-order chi connectivity index (χ1) is 7.99. The molecular formula is C12H13NO3S. The van der Waals surface area contributed by atoms with Gasteiger partial charge in [-0.15, -0.1) is 11.3 Å². The Bertz CT molecular complexity index is 562. The minimum Gasteiger partial charge on any atom is -0.479 e. The molecule has 1 aromatic heterocycles. The zero-order chi connectivity index (χ0) is 12.6. The molecule has 17 heavy (non-hydrogen) atoms. The van der Waals surface area contributed by atoms with Crippen LogP contribution in [0.25, 0.3) is 10.2 Å². The summed E-state index contributed by atoms with van der Waals surface area (Å²) in [6, 6.07) is 5.07. The number of aliphatic hydroxyl groups excluding tert-OH is 1. The number of hydrogen-bond acceptors (Lipinski definition) is 4. The predicted molar refractivity (Wildman–Crippen MR) is 66.3 cm³/mol. The van der Waals surface area contributed by atoms with Crippen molar-refractivity contribution in [3.63, 3.8) is 0 Å². The third-order valence-electron chi connectivity index (χ3n) is 2.47. The lowest BCUT2D eigenvalue weighted by atomic mass is 10.1. The quantitative estimate of drug-likeness (QED) is 0.879. The summed E-state index contributed by atoms with van der Waals surface area (Å²) in [5.74, 6) is -0.899. The first-order valence-electron chi connectivity index (χ1n) is 5.30. The van der Waals surface area contributed by atoms with Crippen LogP contribution in [0.2, 0.25) is 0 Å². The fraction of sp³-hybridized carbons (Fsp3) is 0.333. The number of carboxylic acids is 1. The molecule has 1 aromatic carbocycles. The van der Waals surface area contributed by atoms with Crippen LogP contribution in [0.3, 0.4) is 0 Å². The molecule has 0 bridgehead atoms. The van der Waals surface area contributed by atoms with Gasteiger partial charge in [0.1, 0.15) is 0 Å². The van der Waals surface area contributed by atoms with E-state index >= 15 is 0 Å². The first-order valence-corrected chi connectivity index (χ1v) is 6.12. The number of hydrogen-bond donors (Lipinski definition) is 2. The molecule has 1 heterocycles. The molecule has 0 fully saturated rings. The number of benzene rings is 1. The summed E-state index contributed by atoms with van der Waals surface area (Å²) in [7, 11) is 0. The lowest BCUT2D eigenvalue weighted by Gasteiger charge is -2.04. The summed E-state index contributed by atoms with van der Waals surface area (Å²) in [5.41, 5.74) is 1.11. The van der Waals surface area contributed by atoms with Gasteiger partial charge in [0.25, 0.3) is 0 Å². The average molecular weight is 251 g/mol. The Morgan fingerprint density at radius 1 is 1.41 bits per heavy atom. The van der Waals surface area contributed by atoms with Crippen LogP contribution in [0, 0.1) is 0 Å². The Balaban J connectivity index is 2.46. The van der Waals surface area contributed by atoms with E-state index in [1.807, 2.05) is 0 Å². The summed E-state index contributed by atoms with van der Waals surface area (Å²) in [6.07, 6.45) is -1.48. The van der Waals surface area contributed by atoms with Gasteiger partial charge in [0.2, 0.25) is 0 Å². The standard InChI is InChI=1S/C12H13NO3S/c1-6(2)11-13-8-5-7(10(14)12(15)16)3-4-9(8)17-11/h3-6,10,14H,1-2H3,(H,15,16). The Hall–Kier alpha value is -1.46. The third kappa shape index (κ3) is 2.30. The molecule has 2 rings (SSSR count). The normalized spacial score (nSPS) is 13.2. The molecule has 2 aromatic rings. The molecular weight excluding hydrogens is 238 g/mol. The Morgan fingerprint density at radius 2 is 2.12 bits per heavy atom. The molecule has 0 saturated carbocycles. The van der Waals surface area contributed by atoms with Gasteiger partial charge in [0, 0.05) is 5.92 Å². The summed E-state index contributed by atoms with van der Waals surface area (Å²) in [6.45, 7) is 4.12. The van der Waals surface area contributed by atoms with Crippen molar-refractivity contribution in [1.29, 1.82) is 0 Å². The molecule has 90 valence electrons. The minimum atomic E-state index is -1.48. The van der Waals surface area contributed by atoms with E-state index in [4.69, 9.17) is 5.11 Å². The van der Waals surface area contributed by atoms with Crippen LogP contribution in [0.15, 0.2) is 18.2 Å². The maximum absolute atomic E-state index is 10.7. The summed E-state index contributed by atoms with van der Waals surface area (Å²) < 4.78 is 1.01. The van der Waals surface area contributed by atoms with Gasteiger partial charge in [-0.1, -0.05) is 19.9 Å². The van der Waals surface area contributed by atoms with E-state index in [0.29, 0.717) is 11.5 Å². The summed E-state index contributed by atoms with van der Waals surface area (Å²) in [5, 5.41) is 19.2. The number of rotatable bonds is 3. The van der Waals surface area contributed by atoms with E-state index in [0.717, 1.165) is 15.2 Å². The van der Waals surface area contributed by atoms with Crippen molar-refractivity contribution in [2.45, 2.75) is 25.9 Å². The number of carbonyl (C=O) groups is 1. The number of thiazole rings is 1. The van der Waals surface area contributed by atoms with Crippen molar-refractivity contribution in [3.8, 4) is 0 Å². The zero-order valence-corrected chi connectivity index (χ0v) is 10.4. The smallest absolute Gasteiger partial charge is 0.337 e. The van der Waals surface area contributed by atoms with Crippen molar-refractivity contribution in [3.05, 3.63) is 28.8 Å². The van der Waals surface area contributed by atoms with E-state index < -0.39 is 12.1 Å². The lowest BCUT2D eigenvalue weighted by molar-refractivity contribution is -0.146. The predicted octanol–water partition coefficient (Wildman–Crippen LogP) is 2.54. The molecule has 5 heteroatoms. The maximum Gasteiger partial charge on any atom is 0.337 e. The molecule has 2 N–H and O–H groups in total. The van der Waals surface area contributed by atoms with Gasteiger partial charge >= 0.3 is 5.97 Å². The monoisotopic (exact) mass is 251 g/mol. The van der Waals surface area contributed by atoms with Crippen LogP contribution in [0.5, 0.6) is 0 Å². The van der Waals surface area contributed by atoms with Crippen LogP contribution in [0.1, 0.15) is 36.4 Å². The summed E-state index contributed by atoms with van der Waals surface area (Å²) in [4.78, 5) is 15.1. The number of fused-ring (bicyclic) bond motifs is 1. The zero-order valence-electron chi connectivity index (χ0n) is 9.54. The second-order valence-electron chi connectivity index (χ2n) is 4.17. The van der Waals surface area contributed by atoms with Crippen LogP contribution >= 0.6 is 11.3 Å². The van der Waals surface area contributed by atoms with Crippen molar-refractivity contribution in [1.82, 2.24) is 4.98 Å². The second-order valence-corrected chi connectivity index (χ2v) is 5.24. The van der Waals surface area contributed by atoms with Crippen LogP contribution < -0.4 is 0 Å². The second kappa shape index (κ2) is 4.43. The van der Waals surface area contributed by atoms with Gasteiger partial charge in [-0.25, -0.2) is 9.78 Å². The average Bonchev–Trinajstić information content (AvgIpc) is 2.70. The lowest BCUT2D eigenvalue weighted by Crippen LogP contribution is -2.10. The van der Waals surface area contributed by atoms with E-state index in [1.54, 1.807) is 29.5 Å². The largest absolute Gasteiger partial charge is 0.479 e. The van der Waals surface area contributed by atoms with Gasteiger partial charge in [-0.2, -0.15) is 0 Å². The highest BCUT2D eigenvalue weighted by Gasteiger charge is 2.17. The number of aromatic nitrogens is 1. The van der Waals surface area contributed by atoms with Gasteiger partial charge in [-0.05, 0) is 17.7 Å². The van der Waals surface area contributed by atoms with Crippen molar-refractivity contribution in [2.75, 3.05) is 0 Å². The van der Waals surface area contributed by atoms with Crippen molar-refractivity contribution >= 4 is 27.5 Å². The van der Waals surface area contributed by atoms with E-state index in [2.05, 4.69) is 18.8 Å². The highest BCUT2D eigenvalue weighted by Crippen LogP contribution is 2.29. The molecule has 0 aliphatic carbocycles. The molecule has 0 aliphatic rings. The molecule has 0 aliphatic heterocycles. The van der Waals surface area contributed by atoms with Crippen LogP contribution in [-0.2, 0) is 4.79 Å². The van der Waals surface area contributed by atoms with E-state index in [9.17, 15) is 9.90 Å². The number of aliphatic carboxylic acids is 1. The Morgan fingerprint density at radius 3 is 2.71 bits per heavy atom. The van der Waals surface area contributed by atoms with Crippen LogP contribution in [-0.4, -0.2) is 21.2 Å². The number of nitrogens with zero attached hydrogens (tertiary/aromatic N) is 1. The molecule has 0 amide bonds. The van der Waals surface area contributed by atoms with Gasteiger partial charge in [-0.3, -0.25) is 0 Å². The topological polar surface area (TPSA) is 70.4 Å². The molecule has 1 atom stereocenters. The molecule has 0 spiro atoms. The first kappa shape index (κ1) is 12.0. The highest BCUT2D eigenvalue weighted by atomic mass is 32.1. The van der Waals surface area contributed by atoms with E-state index in [1.165, 1.54) is 0 Å². The summed E-state index contributed by atoms with van der Waals surface area (Å²) >= 11 is 1.59. The maximum atomic E-state index is 10.7. The number of aliphatic hydroxyl groups is 1. The Labute approximate surface area is 103 Å².